The van der Waals surface area contributed by atoms with E-state index in [-0.39, 0.29) is 11.6 Å². The summed E-state index contributed by atoms with van der Waals surface area (Å²) in [6.45, 7) is 8.64. The fourth-order valence-corrected chi connectivity index (χ4v) is 5.39. The third kappa shape index (κ3) is 4.43. The summed E-state index contributed by atoms with van der Waals surface area (Å²) >= 11 is 0. The average molecular weight is 465 g/mol. The topological polar surface area (TPSA) is 79.3 Å². The molecule has 3 heterocycles. The number of fused-ring (bicyclic) bond motifs is 1. The first-order valence-electron chi connectivity index (χ1n) is 12.7. The number of rotatable bonds is 5. The number of nitrogens with zero attached hydrogens (tertiary/aromatic N) is 5. The van der Waals surface area contributed by atoms with Crippen LogP contribution in [0.5, 0.6) is 5.75 Å². The summed E-state index contributed by atoms with van der Waals surface area (Å²) < 4.78 is 7.97. The lowest BCUT2D eigenvalue weighted by molar-refractivity contribution is 0.336. The van der Waals surface area contributed by atoms with Crippen molar-refractivity contribution < 1.29 is 4.74 Å². The number of benzene rings is 1. The first-order chi connectivity index (χ1) is 16.5. The Morgan fingerprint density at radius 2 is 1.91 bits per heavy atom. The summed E-state index contributed by atoms with van der Waals surface area (Å²) in [5, 5.41) is 4.75. The zero-order chi connectivity index (χ0) is 23.7. The number of ether oxygens (including phenoxy) is 1. The molecule has 3 aromatic rings. The first-order valence-corrected chi connectivity index (χ1v) is 12.7. The van der Waals surface area contributed by atoms with Crippen molar-refractivity contribution in [3.8, 4) is 17.1 Å². The normalized spacial score (nSPS) is 18.4. The van der Waals surface area contributed by atoms with Crippen LogP contribution in [-0.2, 0) is 0 Å². The molecular weight excluding hydrogens is 428 g/mol. The number of aryl methyl sites for hydroxylation is 1. The fourth-order valence-electron chi connectivity index (χ4n) is 5.39. The van der Waals surface area contributed by atoms with Gasteiger partial charge in [-0.25, -0.2) is 4.98 Å². The molecule has 5 rings (SSSR count). The summed E-state index contributed by atoms with van der Waals surface area (Å²) in [5.41, 5.74) is 3.90. The Kier molecular flexibility index (Phi) is 6.59. The number of anilines is 1. The lowest BCUT2D eigenvalue weighted by Crippen LogP contribution is -2.28. The highest BCUT2D eigenvalue weighted by Gasteiger charge is 2.23. The number of hydrogen-bond acceptors (Lipinski definition) is 6. The van der Waals surface area contributed by atoms with Gasteiger partial charge in [0.2, 0.25) is 0 Å². The van der Waals surface area contributed by atoms with Crippen LogP contribution in [0.3, 0.4) is 0 Å². The van der Waals surface area contributed by atoms with Gasteiger partial charge in [-0.05, 0) is 58.8 Å². The molecule has 0 atom stereocenters. The predicted molar refractivity (Wildman–Crippen MR) is 136 cm³/mol. The van der Waals surface area contributed by atoms with Gasteiger partial charge in [0.25, 0.3) is 5.56 Å². The second-order valence-electron chi connectivity index (χ2n) is 9.69. The molecule has 1 aliphatic heterocycles. The van der Waals surface area contributed by atoms with E-state index in [1.807, 2.05) is 24.6 Å². The molecule has 0 amide bonds. The summed E-state index contributed by atoms with van der Waals surface area (Å²) in [6, 6.07) is 6.52. The lowest BCUT2D eigenvalue weighted by atomic mass is 9.95. The maximum atomic E-state index is 13.3. The van der Waals surface area contributed by atoms with E-state index in [1.54, 1.807) is 0 Å². The van der Waals surface area contributed by atoms with Crippen LogP contribution in [0.4, 0.5) is 5.69 Å². The molecular formula is C26H36N6O2. The molecule has 0 spiro atoms. The number of nitrogens with one attached hydrogen (secondary N) is 1. The summed E-state index contributed by atoms with van der Waals surface area (Å²) in [4.78, 5) is 26.0. The molecule has 2 fully saturated rings. The lowest BCUT2D eigenvalue weighted by Gasteiger charge is -2.24. The van der Waals surface area contributed by atoms with Gasteiger partial charge in [-0.15, -0.1) is 0 Å². The Bertz CT molecular complexity index is 1210. The molecule has 8 heteroatoms. The monoisotopic (exact) mass is 464 g/mol. The maximum Gasteiger partial charge on any atom is 0.277 e. The van der Waals surface area contributed by atoms with E-state index in [0.29, 0.717) is 23.5 Å². The van der Waals surface area contributed by atoms with Crippen molar-refractivity contribution in [3.63, 3.8) is 0 Å². The Hall–Kier alpha value is -2.87. The maximum absolute atomic E-state index is 13.3. The summed E-state index contributed by atoms with van der Waals surface area (Å²) in [6.07, 6.45) is 6.91. The van der Waals surface area contributed by atoms with Crippen molar-refractivity contribution in [1.82, 2.24) is 24.6 Å². The molecule has 1 saturated carbocycles. The van der Waals surface area contributed by atoms with E-state index < -0.39 is 0 Å². The van der Waals surface area contributed by atoms with Crippen molar-refractivity contribution in [3.05, 3.63) is 34.2 Å². The van der Waals surface area contributed by atoms with Crippen molar-refractivity contribution in [2.75, 3.05) is 44.7 Å². The molecule has 8 nitrogen and oxygen atoms in total. The molecule has 182 valence electrons. The van der Waals surface area contributed by atoms with Crippen LogP contribution < -0.4 is 15.2 Å². The van der Waals surface area contributed by atoms with Crippen molar-refractivity contribution in [2.24, 2.45) is 0 Å². The first kappa shape index (κ1) is 22.9. The van der Waals surface area contributed by atoms with E-state index in [2.05, 4.69) is 34.0 Å². The number of aromatic amines is 1. The number of aromatic nitrogens is 4. The van der Waals surface area contributed by atoms with Gasteiger partial charge in [0.1, 0.15) is 17.1 Å². The van der Waals surface area contributed by atoms with Crippen LogP contribution in [0.25, 0.3) is 22.4 Å². The van der Waals surface area contributed by atoms with Crippen LogP contribution in [0.1, 0.15) is 57.2 Å². The number of likely N-dealkylation sites (N-methyl/N-ethyl adjacent to an activating group) is 1. The van der Waals surface area contributed by atoms with E-state index in [4.69, 9.17) is 14.8 Å². The Balaban J connectivity index is 1.53. The van der Waals surface area contributed by atoms with Gasteiger partial charge in [0.15, 0.2) is 5.52 Å². The average Bonchev–Trinajstić information content (AvgIpc) is 3.03. The van der Waals surface area contributed by atoms with Crippen LogP contribution in [0.15, 0.2) is 23.0 Å². The van der Waals surface area contributed by atoms with Gasteiger partial charge < -0.3 is 19.5 Å². The molecule has 1 aliphatic carbocycles. The molecule has 1 N–H and O–H groups in total. The summed E-state index contributed by atoms with van der Waals surface area (Å²) in [5.74, 6) is 1.28. The smallest absolute Gasteiger partial charge is 0.277 e. The van der Waals surface area contributed by atoms with Crippen molar-refractivity contribution in [2.45, 2.75) is 58.4 Å². The van der Waals surface area contributed by atoms with E-state index >= 15 is 0 Å². The molecule has 0 radical (unpaired) electrons. The largest absolute Gasteiger partial charge is 0.493 e. The molecule has 1 aromatic carbocycles. The van der Waals surface area contributed by atoms with Crippen LogP contribution >= 0.6 is 0 Å². The highest BCUT2D eigenvalue weighted by atomic mass is 16.5. The van der Waals surface area contributed by atoms with E-state index in [9.17, 15) is 4.79 Å². The molecule has 2 aliphatic rings. The van der Waals surface area contributed by atoms with E-state index in [1.165, 1.54) is 19.3 Å². The molecule has 2 aromatic heterocycles. The third-order valence-corrected chi connectivity index (χ3v) is 7.25. The SMILES string of the molecule is CCOc1cc(N2CCCN(C)CC2)ccc1-c1nc2c(C)nn(C3CCCCC3)c2c(=O)[nH]1. The van der Waals surface area contributed by atoms with Gasteiger partial charge in [0.05, 0.1) is 23.9 Å². The highest BCUT2D eigenvalue weighted by molar-refractivity contribution is 5.80. The fraction of sp³-hybridized carbons (Fsp3) is 0.577. The Morgan fingerprint density at radius 3 is 2.71 bits per heavy atom. The standard InChI is InChI=1S/C26H36N6O2/c1-4-34-22-17-20(31-14-8-13-30(3)15-16-31)11-12-21(22)25-27-23-18(2)29-32(24(23)26(33)28-25)19-9-6-5-7-10-19/h11-12,17,19H,4-10,13-16H2,1-3H3,(H,27,28,33). The van der Waals surface area contributed by atoms with Gasteiger partial charge in [-0.2, -0.15) is 5.10 Å². The van der Waals surface area contributed by atoms with Crippen molar-refractivity contribution in [1.29, 1.82) is 0 Å². The second kappa shape index (κ2) is 9.78. The zero-order valence-electron chi connectivity index (χ0n) is 20.6. The predicted octanol–water partition coefficient (Wildman–Crippen LogP) is 4.14. The highest BCUT2D eigenvalue weighted by Crippen LogP contribution is 2.34. The Labute approximate surface area is 200 Å². The van der Waals surface area contributed by atoms with E-state index in [0.717, 1.165) is 68.1 Å². The number of H-pyrrole nitrogens is 1. The van der Waals surface area contributed by atoms with Gasteiger partial charge in [-0.3, -0.25) is 9.48 Å². The molecule has 0 unspecified atom stereocenters. The minimum atomic E-state index is -0.131. The van der Waals surface area contributed by atoms with Crippen LogP contribution in [0, 0.1) is 6.92 Å². The minimum absolute atomic E-state index is 0.131. The Morgan fingerprint density at radius 1 is 1.09 bits per heavy atom. The molecule has 1 saturated heterocycles. The second-order valence-corrected chi connectivity index (χ2v) is 9.69. The van der Waals surface area contributed by atoms with Crippen LogP contribution in [0.2, 0.25) is 0 Å². The zero-order valence-corrected chi connectivity index (χ0v) is 20.6. The van der Waals surface area contributed by atoms with Gasteiger partial charge in [-0.1, -0.05) is 19.3 Å². The molecule has 0 bridgehead atoms. The van der Waals surface area contributed by atoms with Crippen LogP contribution in [-0.4, -0.2) is 64.5 Å². The molecule has 34 heavy (non-hydrogen) atoms. The minimum Gasteiger partial charge on any atom is -0.493 e. The van der Waals surface area contributed by atoms with Gasteiger partial charge >= 0.3 is 0 Å². The third-order valence-electron chi connectivity index (χ3n) is 7.25. The summed E-state index contributed by atoms with van der Waals surface area (Å²) in [7, 11) is 2.18. The number of hydrogen-bond donors (Lipinski definition) is 1. The quantitative estimate of drug-likeness (QED) is 0.611. The van der Waals surface area contributed by atoms with Crippen molar-refractivity contribution >= 4 is 16.7 Å². The van der Waals surface area contributed by atoms with Gasteiger partial charge in [0, 0.05) is 31.4 Å².